The normalized spacial score (nSPS) is 13.3. The highest BCUT2D eigenvalue weighted by Gasteiger charge is 2.20. The summed E-state index contributed by atoms with van der Waals surface area (Å²) in [6.07, 6.45) is 0. The Labute approximate surface area is 129 Å². The van der Waals surface area contributed by atoms with Crippen molar-refractivity contribution in [3.8, 4) is 11.5 Å². The Morgan fingerprint density at radius 2 is 1.76 bits per heavy atom. The zero-order valence-electron chi connectivity index (χ0n) is 12.1. The number of anilines is 1. The second-order valence-electron chi connectivity index (χ2n) is 4.61. The van der Waals surface area contributed by atoms with Gasteiger partial charge in [0.05, 0.1) is 7.11 Å². The van der Waals surface area contributed by atoms with Gasteiger partial charge in [-0.1, -0.05) is 29.8 Å². The summed E-state index contributed by atoms with van der Waals surface area (Å²) in [5, 5.41) is 3.53. The van der Waals surface area contributed by atoms with Crippen molar-refractivity contribution in [3.05, 3.63) is 53.1 Å². The van der Waals surface area contributed by atoms with E-state index in [1.54, 1.807) is 30.3 Å². The number of ether oxygens (including phenoxy) is 1. The predicted octanol–water partition coefficient (Wildman–Crippen LogP) is 4.97. The van der Waals surface area contributed by atoms with E-state index in [2.05, 4.69) is 5.09 Å². The van der Waals surface area contributed by atoms with E-state index in [0.717, 1.165) is 5.56 Å². The molecule has 0 aromatic heterocycles. The number of methoxy groups -OCH3 is 1. The Morgan fingerprint density at radius 3 is 2.43 bits per heavy atom. The Balaban J connectivity index is 2.23. The maximum atomic E-state index is 12.7. The van der Waals surface area contributed by atoms with E-state index in [9.17, 15) is 4.57 Å². The molecule has 21 heavy (non-hydrogen) atoms. The number of hydrogen-bond donors (Lipinski definition) is 1. The lowest BCUT2D eigenvalue weighted by molar-refractivity contribution is 0.391. The molecule has 0 saturated carbocycles. The first-order valence-electron chi connectivity index (χ1n) is 6.36. The third kappa shape index (κ3) is 3.93. The van der Waals surface area contributed by atoms with Crippen LogP contribution in [0.1, 0.15) is 5.56 Å². The second kappa shape index (κ2) is 6.42. The highest BCUT2D eigenvalue weighted by molar-refractivity contribution is 7.60. The molecule has 6 heteroatoms. The molecule has 112 valence electrons. The first-order chi connectivity index (χ1) is 9.93. The lowest BCUT2D eigenvalue weighted by Crippen LogP contribution is -2.04. The van der Waals surface area contributed by atoms with Crippen molar-refractivity contribution in [2.75, 3.05) is 18.9 Å². The van der Waals surface area contributed by atoms with Crippen molar-refractivity contribution < 1.29 is 13.8 Å². The first kappa shape index (κ1) is 15.7. The SMILES string of the molecule is COc1ccccc1OP(C)(=O)Nc1cccc(Cl)c1C. The zero-order valence-corrected chi connectivity index (χ0v) is 13.7. The third-order valence-electron chi connectivity index (χ3n) is 2.93. The summed E-state index contributed by atoms with van der Waals surface area (Å²) in [4.78, 5) is 0. The van der Waals surface area contributed by atoms with Crippen molar-refractivity contribution in [1.82, 2.24) is 0 Å². The van der Waals surface area contributed by atoms with Gasteiger partial charge in [-0.15, -0.1) is 0 Å². The molecule has 2 aromatic carbocycles. The molecule has 4 nitrogen and oxygen atoms in total. The van der Waals surface area contributed by atoms with Crippen LogP contribution in [-0.4, -0.2) is 13.8 Å². The van der Waals surface area contributed by atoms with Crippen molar-refractivity contribution >= 4 is 24.8 Å². The topological polar surface area (TPSA) is 47.6 Å². The van der Waals surface area contributed by atoms with E-state index in [-0.39, 0.29) is 0 Å². The minimum atomic E-state index is -3.11. The van der Waals surface area contributed by atoms with Gasteiger partial charge in [-0.3, -0.25) is 4.57 Å². The Kier molecular flexibility index (Phi) is 4.81. The van der Waals surface area contributed by atoms with E-state index in [1.165, 1.54) is 13.8 Å². The molecule has 0 aliphatic rings. The van der Waals surface area contributed by atoms with E-state index in [4.69, 9.17) is 20.9 Å². The number of rotatable bonds is 5. The second-order valence-corrected chi connectivity index (χ2v) is 7.12. The standard InChI is InChI=1S/C15H17ClNO3P/c1-11-12(16)7-6-8-13(11)17-21(3,18)20-15-10-5-4-9-14(15)19-2/h4-10H,1-3H3,(H,17,18). The highest BCUT2D eigenvalue weighted by atomic mass is 35.5. The van der Waals surface area contributed by atoms with Crippen LogP contribution in [0.5, 0.6) is 11.5 Å². The molecule has 1 N–H and O–H groups in total. The van der Waals surface area contributed by atoms with Gasteiger partial charge in [-0.05, 0) is 36.8 Å². The molecular weight excluding hydrogens is 309 g/mol. The smallest absolute Gasteiger partial charge is 0.338 e. The molecule has 0 amide bonds. The molecule has 0 aliphatic carbocycles. The molecule has 2 aromatic rings. The van der Waals surface area contributed by atoms with Gasteiger partial charge in [0.2, 0.25) is 0 Å². The molecular formula is C15H17ClNO3P. The molecule has 0 fully saturated rings. The van der Waals surface area contributed by atoms with Crippen LogP contribution in [0.25, 0.3) is 0 Å². The fraction of sp³-hybridized carbons (Fsp3) is 0.200. The van der Waals surface area contributed by atoms with Crippen molar-refractivity contribution in [1.29, 1.82) is 0 Å². The van der Waals surface area contributed by atoms with Gasteiger partial charge < -0.3 is 14.3 Å². The van der Waals surface area contributed by atoms with Gasteiger partial charge in [0.1, 0.15) is 0 Å². The summed E-state index contributed by atoms with van der Waals surface area (Å²) >= 11 is 6.06. The Bertz CT molecular complexity index is 690. The molecule has 0 aliphatic heterocycles. The van der Waals surface area contributed by atoms with Crippen LogP contribution in [0.15, 0.2) is 42.5 Å². The third-order valence-corrected chi connectivity index (χ3v) is 4.53. The molecule has 0 spiro atoms. The number of benzene rings is 2. The molecule has 1 atom stereocenters. The van der Waals surface area contributed by atoms with E-state index < -0.39 is 7.52 Å². The maximum absolute atomic E-state index is 12.7. The van der Waals surface area contributed by atoms with Gasteiger partial charge in [0.15, 0.2) is 11.5 Å². The largest absolute Gasteiger partial charge is 0.493 e. The zero-order chi connectivity index (χ0) is 15.5. The fourth-order valence-corrected chi connectivity index (χ4v) is 3.28. The number of halogens is 1. The van der Waals surface area contributed by atoms with E-state index >= 15 is 0 Å². The first-order valence-corrected chi connectivity index (χ1v) is 8.81. The van der Waals surface area contributed by atoms with Crippen LogP contribution >= 0.6 is 19.1 Å². The Hall–Kier alpha value is -1.64. The summed E-state index contributed by atoms with van der Waals surface area (Å²) in [6, 6.07) is 12.5. The average molecular weight is 326 g/mol. The quantitative estimate of drug-likeness (QED) is 0.788. The molecule has 0 bridgehead atoms. The van der Waals surface area contributed by atoms with Gasteiger partial charge in [-0.2, -0.15) is 0 Å². The maximum Gasteiger partial charge on any atom is 0.338 e. The summed E-state index contributed by atoms with van der Waals surface area (Å²) in [5.41, 5.74) is 1.51. The molecule has 0 heterocycles. The van der Waals surface area contributed by atoms with Crippen molar-refractivity contribution in [3.63, 3.8) is 0 Å². The minimum Gasteiger partial charge on any atom is -0.493 e. The fourth-order valence-electron chi connectivity index (χ4n) is 1.85. The van der Waals surface area contributed by atoms with Crippen LogP contribution in [0.4, 0.5) is 5.69 Å². The average Bonchev–Trinajstić information content (AvgIpc) is 2.44. The van der Waals surface area contributed by atoms with Crippen LogP contribution in [0.3, 0.4) is 0 Å². The van der Waals surface area contributed by atoms with Gasteiger partial charge in [0.25, 0.3) is 0 Å². The predicted molar refractivity (Wildman–Crippen MR) is 87.0 cm³/mol. The molecule has 0 saturated heterocycles. The number of hydrogen-bond acceptors (Lipinski definition) is 3. The van der Waals surface area contributed by atoms with Crippen molar-refractivity contribution in [2.24, 2.45) is 0 Å². The van der Waals surface area contributed by atoms with E-state index in [0.29, 0.717) is 22.2 Å². The van der Waals surface area contributed by atoms with E-state index in [1.807, 2.05) is 19.1 Å². The minimum absolute atomic E-state index is 0.429. The van der Waals surface area contributed by atoms with Crippen molar-refractivity contribution in [2.45, 2.75) is 6.92 Å². The monoisotopic (exact) mass is 325 g/mol. The lowest BCUT2D eigenvalue weighted by atomic mass is 10.2. The number of para-hydroxylation sites is 2. The van der Waals surface area contributed by atoms with Gasteiger partial charge in [-0.25, -0.2) is 0 Å². The molecule has 2 rings (SSSR count). The van der Waals surface area contributed by atoms with Crippen LogP contribution < -0.4 is 14.3 Å². The van der Waals surface area contributed by atoms with Gasteiger partial charge >= 0.3 is 7.52 Å². The van der Waals surface area contributed by atoms with Crippen LogP contribution in [0, 0.1) is 6.92 Å². The van der Waals surface area contributed by atoms with Crippen LogP contribution in [-0.2, 0) is 4.57 Å². The summed E-state index contributed by atoms with van der Waals surface area (Å²) in [5.74, 6) is 0.960. The summed E-state index contributed by atoms with van der Waals surface area (Å²) < 4.78 is 23.4. The van der Waals surface area contributed by atoms with Crippen LogP contribution in [0.2, 0.25) is 5.02 Å². The summed E-state index contributed by atoms with van der Waals surface area (Å²) in [6.45, 7) is 3.37. The lowest BCUT2D eigenvalue weighted by Gasteiger charge is -2.20. The molecule has 0 radical (unpaired) electrons. The van der Waals surface area contributed by atoms with Gasteiger partial charge in [0, 0.05) is 17.4 Å². The number of nitrogens with one attached hydrogen (secondary N) is 1. The summed E-state index contributed by atoms with van der Waals surface area (Å²) in [7, 11) is -1.57. The Morgan fingerprint density at radius 1 is 1.10 bits per heavy atom. The molecule has 1 unspecified atom stereocenters. The highest BCUT2D eigenvalue weighted by Crippen LogP contribution is 2.46.